The summed E-state index contributed by atoms with van der Waals surface area (Å²) in [5, 5.41) is 8.03. The number of β-lactam (4-membered cyclic amide) rings is 1. The van der Waals surface area contributed by atoms with E-state index < -0.39 is 37.9 Å². The van der Waals surface area contributed by atoms with Crippen molar-refractivity contribution in [1.82, 2.24) is 4.90 Å². The van der Waals surface area contributed by atoms with E-state index in [9.17, 15) is 18.0 Å². The molecule has 0 bridgehead atoms. The largest absolute Gasteiger partial charge is 0.480 e. The van der Waals surface area contributed by atoms with Gasteiger partial charge < -0.3 is 15.5 Å². The van der Waals surface area contributed by atoms with Gasteiger partial charge in [0.1, 0.15) is 11.4 Å². The number of sulfone groups is 1. The summed E-state index contributed by atoms with van der Waals surface area (Å²) in [6, 6.07) is -1.26. The number of hydrogen-bond donors (Lipinski definition) is 1. The Hall–Kier alpha value is -1.15. The number of nitrogens with zero attached hydrogens (tertiary/aromatic N) is 1. The predicted octanol–water partition coefficient (Wildman–Crippen LogP) is -1.62. The lowest BCUT2D eigenvalue weighted by atomic mass is 9.98. The second-order valence-corrected chi connectivity index (χ2v) is 7.04. The van der Waals surface area contributed by atoms with Crippen LogP contribution in [-0.2, 0) is 19.4 Å². The molecule has 2 atom stereocenters. The molecule has 0 saturated carbocycles. The van der Waals surface area contributed by atoms with E-state index in [-0.39, 0.29) is 11.9 Å². The summed E-state index contributed by atoms with van der Waals surface area (Å²) in [5.41, 5.74) is 0. The third-order valence-electron chi connectivity index (χ3n) is 3.21. The molecule has 92 valence electrons. The van der Waals surface area contributed by atoms with E-state index in [1.165, 1.54) is 13.8 Å². The van der Waals surface area contributed by atoms with Gasteiger partial charge in [-0.05, 0) is 13.8 Å². The van der Waals surface area contributed by atoms with Gasteiger partial charge in [-0.2, -0.15) is 0 Å². The molecule has 7 nitrogen and oxygen atoms in total. The Kier molecular flexibility index (Phi) is 2.56. The molecule has 2 aliphatic heterocycles. The van der Waals surface area contributed by atoms with Crippen molar-refractivity contribution in [2.24, 2.45) is 0 Å². The highest BCUT2D eigenvalue weighted by Gasteiger charge is 2.67. The first-order valence-corrected chi connectivity index (χ1v) is 6.03. The number of amides is 1. The van der Waals surface area contributed by atoms with Gasteiger partial charge >= 0.3 is 5.97 Å². The first kappa shape index (κ1) is 12.9. The number of carboxylic acid groups (broad SMARTS) is 1. The molecule has 0 aliphatic carbocycles. The zero-order valence-electron chi connectivity index (χ0n) is 8.80. The van der Waals surface area contributed by atoms with Gasteiger partial charge in [0.05, 0.1) is 11.2 Å². The molecule has 2 rings (SSSR count). The van der Waals surface area contributed by atoms with Crippen molar-refractivity contribution in [2.45, 2.75) is 36.4 Å². The van der Waals surface area contributed by atoms with Gasteiger partial charge in [0.2, 0.25) is 5.91 Å². The highest BCUT2D eigenvalue weighted by Crippen LogP contribution is 2.45. The van der Waals surface area contributed by atoms with Crippen LogP contribution in [0.1, 0.15) is 20.3 Å². The molecule has 0 spiro atoms. The van der Waals surface area contributed by atoms with Crippen molar-refractivity contribution in [1.29, 1.82) is 0 Å². The minimum atomic E-state index is -3.57. The molecule has 2 saturated heterocycles. The fourth-order valence-corrected chi connectivity index (χ4v) is 4.36. The molecule has 2 fully saturated rings. The summed E-state index contributed by atoms with van der Waals surface area (Å²) in [4.78, 5) is 23.2. The normalized spacial score (nSPS) is 33.6. The molecular formula is C8H13NO6S. The van der Waals surface area contributed by atoms with Crippen LogP contribution < -0.4 is 0 Å². The third-order valence-corrected chi connectivity index (χ3v) is 6.01. The molecule has 0 aromatic heterocycles. The van der Waals surface area contributed by atoms with E-state index in [0.717, 1.165) is 4.90 Å². The molecule has 16 heavy (non-hydrogen) atoms. The number of rotatable bonds is 1. The second-order valence-electron chi connectivity index (χ2n) is 4.35. The minimum absolute atomic E-state index is 0. The fourth-order valence-electron chi connectivity index (χ4n) is 2.23. The summed E-state index contributed by atoms with van der Waals surface area (Å²) in [6.07, 6.45) is -0.0878. The zero-order valence-corrected chi connectivity index (χ0v) is 9.61. The molecule has 0 aromatic carbocycles. The first-order valence-electron chi connectivity index (χ1n) is 4.48. The van der Waals surface area contributed by atoms with Crippen LogP contribution in [0.2, 0.25) is 0 Å². The summed E-state index contributed by atoms with van der Waals surface area (Å²) in [6.45, 7) is 2.71. The van der Waals surface area contributed by atoms with Crippen molar-refractivity contribution < 1.29 is 28.6 Å². The van der Waals surface area contributed by atoms with Gasteiger partial charge in [0.15, 0.2) is 9.84 Å². The SMILES string of the molecule is CC1(C)[C@H](C(=O)O)N2C(=O)C[C@H]2S1(=O)=O.O. The number of carbonyl (C=O) groups is 2. The van der Waals surface area contributed by atoms with Crippen LogP contribution in [-0.4, -0.2) is 51.9 Å². The van der Waals surface area contributed by atoms with Crippen LogP contribution in [0.15, 0.2) is 0 Å². The molecule has 2 aliphatic rings. The quantitative estimate of drug-likeness (QED) is 0.561. The molecule has 0 radical (unpaired) electrons. The van der Waals surface area contributed by atoms with E-state index in [2.05, 4.69) is 0 Å². The van der Waals surface area contributed by atoms with Crippen LogP contribution in [0, 0.1) is 0 Å². The number of aliphatic carboxylic acids is 1. The molecule has 8 heteroatoms. The van der Waals surface area contributed by atoms with Crippen LogP contribution in [0.3, 0.4) is 0 Å². The van der Waals surface area contributed by atoms with Crippen LogP contribution >= 0.6 is 0 Å². The van der Waals surface area contributed by atoms with Crippen molar-refractivity contribution >= 4 is 21.7 Å². The van der Waals surface area contributed by atoms with Crippen molar-refractivity contribution in [2.75, 3.05) is 0 Å². The number of carboxylic acids is 1. The Morgan fingerprint density at radius 2 is 2.00 bits per heavy atom. The number of fused-ring (bicyclic) bond motifs is 1. The minimum Gasteiger partial charge on any atom is -0.480 e. The monoisotopic (exact) mass is 251 g/mol. The average Bonchev–Trinajstić information content (AvgIpc) is 2.19. The Morgan fingerprint density at radius 3 is 2.31 bits per heavy atom. The molecule has 3 N–H and O–H groups in total. The molecule has 2 heterocycles. The van der Waals surface area contributed by atoms with E-state index >= 15 is 0 Å². The van der Waals surface area contributed by atoms with Gasteiger partial charge in [0.25, 0.3) is 0 Å². The average molecular weight is 251 g/mol. The zero-order chi connectivity index (χ0) is 11.6. The summed E-state index contributed by atoms with van der Waals surface area (Å²) >= 11 is 0. The highest BCUT2D eigenvalue weighted by molar-refractivity contribution is 7.93. The van der Waals surface area contributed by atoms with Crippen molar-refractivity contribution in [3.8, 4) is 0 Å². The maximum Gasteiger partial charge on any atom is 0.328 e. The Morgan fingerprint density at radius 1 is 1.50 bits per heavy atom. The van der Waals surface area contributed by atoms with Gasteiger partial charge in [-0.15, -0.1) is 0 Å². The van der Waals surface area contributed by atoms with Gasteiger partial charge in [0, 0.05) is 0 Å². The van der Waals surface area contributed by atoms with Crippen molar-refractivity contribution in [3.05, 3.63) is 0 Å². The lowest BCUT2D eigenvalue weighted by Crippen LogP contribution is -2.57. The van der Waals surface area contributed by atoms with E-state index in [0.29, 0.717) is 0 Å². The highest BCUT2D eigenvalue weighted by atomic mass is 32.2. The van der Waals surface area contributed by atoms with Crippen LogP contribution in [0.25, 0.3) is 0 Å². The lowest BCUT2D eigenvalue weighted by molar-refractivity contribution is -0.157. The fraction of sp³-hybridized carbons (Fsp3) is 0.750. The van der Waals surface area contributed by atoms with Gasteiger partial charge in [-0.25, -0.2) is 13.2 Å². The Balaban J connectivity index is 0.00000128. The second kappa shape index (κ2) is 3.17. The molecular weight excluding hydrogens is 238 g/mol. The van der Waals surface area contributed by atoms with E-state index in [1.807, 2.05) is 0 Å². The standard InChI is InChI=1S/C8H11NO5S.H2O/c1-8(2)6(7(11)12)9-4(10)3-5(9)15(8,13)14;/h5-6H,3H2,1-2H3,(H,11,12);1H2/t5-,6+;/m1./s1. The summed E-state index contributed by atoms with van der Waals surface area (Å²) in [5.74, 6) is -1.67. The first-order chi connectivity index (χ1) is 6.71. The molecule has 0 unspecified atom stereocenters. The number of hydrogen-bond acceptors (Lipinski definition) is 4. The van der Waals surface area contributed by atoms with Gasteiger partial charge in [-0.3, -0.25) is 4.79 Å². The third kappa shape index (κ3) is 1.14. The van der Waals surface area contributed by atoms with E-state index in [1.54, 1.807) is 0 Å². The van der Waals surface area contributed by atoms with E-state index in [4.69, 9.17) is 5.11 Å². The summed E-state index contributed by atoms with van der Waals surface area (Å²) in [7, 11) is -3.57. The number of carbonyl (C=O) groups excluding carboxylic acids is 1. The summed E-state index contributed by atoms with van der Waals surface area (Å²) < 4.78 is 22.4. The van der Waals surface area contributed by atoms with Crippen LogP contribution in [0.4, 0.5) is 0 Å². The predicted molar refractivity (Wildman–Crippen MR) is 53.3 cm³/mol. The Labute approximate surface area is 92.3 Å². The topological polar surface area (TPSA) is 123 Å². The lowest BCUT2D eigenvalue weighted by Gasteiger charge is -2.35. The smallest absolute Gasteiger partial charge is 0.328 e. The maximum absolute atomic E-state index is 11.9. The molecule has 0 aromatic rings. The Bertz CT molecular complexity index is 453. The molecule has 1 amide bonds. The van der Waals surface area contributed by atoms with Crippen molar-refractivity contribution in [3.63, 3.8) is 0 Å². The van der Waals surface area contributed by atoms with Gasteiger partial charge in [-0.1, -0.05) is 0 Å². The maximum atomic E-state index is 11.9. The van der Waals surface area contributed by atoms with Crippen LogP contribution in [0.5, 0.6) is 0 Å².